The second-order valence-corrected chi connectivity index (χ2v) is 7.17. The van der Waals surface area contributed by atoms with Crippen LogP contribution in [0.4, 0.5) is 17.1 Å². The minimum absolute atomic E-state index is 0.521. The minimum atomic E-state index is 0.521. The Kier molecular flexibility index (Phi) is 6.57. The Bertz CT molecular complexity index is 747. The van der Waals surface area contributed by atoms with Crippen LogP contribution in [0.2, 0.25) is 10.0 Å². The van der Waals surface area contributed by atoms with Gasteiger partial charge in [0.05, 0.1) is 16.4 Å². The molecule has 0 aliphatic heterocycles. The molecule has 0 aliphatic carbocycles. The molecule has 0 amide bonds. The lowest BCUT2D eigenvalue weighted by molar-refractivity contribution is 0.643. The smallest absolute Gasteiger partial charge is 0.102 e. The average Bonchev–Trinajstić information content (AvgIpc) is 2.52. The van der Waals surface area contributed by atoms with Crippen molar-refractivity contribution in [1.29, 1.82) is 0 Å². The first-order valence-electron chi connectivity index (χ1n) is 7.98. The van der Waals surface area contributed by atoms with Crippen molar-refractivity contribution in [3.05, 3.63) is 51.5 Å². The van der Waals surface area contributed by atoms with Crippen molar-refractivity contribution in [1.82, 2.24) is 4.90 Å². The number of nitrogens with zero attached hydrogens (tertiary/aromatic N) is 3. The van der Waals surface area contributed by atoms with Crippen LogP contribution in [0.25, 0.3) is 0 Å². The normalized spacial score (nSPS) is 11.0. The fraction of sp³-hybridized carbons (Fsp3) is 0.316. The number of aryl methyl sites for hydroxylation is 1. The Hall–Kier alpha value is -1.91. The zero-order valence-electron chi connectivity index (χ0n) is 15.3. The molecule has 0 heterocycles. The van der Waals surface area contributed by atoms with Crippen LogP contribution in [0, 0.1) is 6.92 Å². The van der Waals surface area contributed by atoms with E-state index in [4.69, 9.17) is 23.2 Å². The van der Waals surface area contributed by atoms with E-state index in [1.54, 1.807) is 6.34 Å². The third-order valence-corrected chi connectivity index (χ3v) is 4.34. The Balaban J connectivity index is 2.14. The monoisotopic (exact) mass is 378 g/mol. The molecule has 4 nitrogen and oxygen atoms in total. The Labute approximate surface area is 160 Å². The van der Waals surface area contributed by atoms with Gasteiger partial charge >= 0.3 is 0 Å². The maximum atomic E-state index is 6.32. The molecule has 134 valence electrons. The van der Waals surface area contributed by atoms with Gasteiger partial charge in [-0.2, -0.15) is 0 Å². The van der Waals surface area contributed by atoms with Gasteiger partial charge in [0.2, 0.25) is 0 Å². The predicted octanol–water partition coefficient (Wildman–Crippen LogP) is 5.20. The first-order valence-corrected chi connectivity index (χ1v) is 8.74. The van der Waals surface area contributed by atoms with Crippen molar-refractivity contribution in [3.8, 4) is 0 Å². The highest BCUT2D eigenvalue weighted by atomic mass is 35.5. The molecule has 0 atom stereocenters. The number of anilines is 2. The van der Waals surface area contributed by atoms with Gasteiger partial charge in [-0.1, -0.05) is 29.3 Å². The molecule has 0 bridgehead atoms. The summed E-state index contributed by atoms with van der Waals surface area (Å²) in [7, 11) is 7.87. The fourth-order valence-electron chi connectivity index (χ4n) is 2.32. The molecule has 6 heteroatoms. The van der Waals surface area contributed by atoms with E-state index >= 15 is 0 Å². The van der Waals surface area contributed by atoms with Gasteiger partial charge in [0.1, 0.15) is 5.69 Å². The second-order valence-electron chi connectivity index (χ2n) is 6.36. The first-order chi connectivity index (χ1) is 11.8. The molecule has 25 heavy (non-hydrogen) atoms. The van der Waals surface area contributed by atoms with Gasteiger partial charge < -0.3 is 15.1 Å². The van der Waals surface area contributed by atoms with Crippen LogP contribution in [0.15, 0.2) is 35.3 Å². The molecule has 2 aromatic carbocycles. The van der Waals surface area contributed by atoms with Gasteiger partial charge in [0, 0.05) is 46.1 Å². The zero-order valence-corrected chi connectivity index (χ0v) is 16.8. The van der Waals surface area contributed by atoms with E-state index in [-0.39, 0.29) is 0 Å². The molecule has 2 aromatic rings. The third kappa shape index (κ3) is 5.28. The lowest BCUT2D eigenvalue weighted by Crippen LogP contribution is -2.09. The van der Waals surface area contributed by atoms with Crippen LogP contribution in [0.1, 0.15) is 11.1 Å². The molecule has 0 spiro atoms. The van der Waals surface area contributed by atoms with Crippen LogP contribution in [-0.4, -0.2) is 39.4 Å². The van der Waals surface area contributed by atoms with Crippen LogP contribution in [0.3, 0.4) is 0 Å². The summed E-state index contributed by atoms with van der Waals surface area (Å²) in [5.41, 5.74) is 5.11. The third-order valence-electron chi connectivity index (χ3n) is 3.76. The van der Waals surface area contributed by atoms with Crippen molar-refractivity contribution in [2.75, 3.05) is 38.4 Å². The summed E-state index contributed by atoms with van der Waals surface area (Å²) in [6.07, 6.45) is 1.68. The highest BCUT2D eigenvalue weighted by molar-refractivity contribution is 6.39. The number of hydrogen-bond donors (Lipinski definition) is 1. The molecule has 2 rings (SSSR count). The maximum absolute atomic E-state index is 6.32. The zero-order chi connectivity index (χ0) is 18.6. The molecule has 0 unspecified atom stereocenters. The largest absolute Gasteiger partial charge is 0.381 e. The van der Waals surface area contributed by atoms with Crippen molar-refractivity contribution in [3.63, 3.8) is 0 Å². The van der Waals surface area contributed by atoms with E-state index in [9.17, 15) is 0 Å². The molecule has 0 radical (unpaired) electrons. The van der Waals surface area contributed by atoms with Crippen LogP contribution in [-0.2, 0) is 6.54 Å². The predicted molar refractivity (Wildman–Crippen MR) is 111 cm³/mol. The molecular weight excluding hydrogens is 355 g/mol. The summed E-state index contributed by atoms with van der Waals surface area (Å²) in [6, 6.07) is 10.1. The average molecular weight is 379 g/mol. The number of rotatable bonds is 6. The summed E-state index contributed by atoms with van der Waals surface area (Å²) in [5, 5.41) is 4.42. The molecule has 0 saturated carbocycles. The molecule has 1 N–H and O–H groups in total. The maximum Gasteiger partial charge on any atom is 0.102 e. The molecule has 0 saturated heterocycles. The summed E-state index contributed by atoms with van der Waals surface area (Å²) < 4.78 is 0. The second kappa shape index (κ2) is 8.45. The fourth-order valence-corrected chi connectivity index (χ4v) is 2.90. The Morgan fingerprint density at radius 1 is 1.04 bits per heavy atom. The number of nitrogens with one attached hydrogen (secondary N) is 1. The van der Waals surface area contributed by atoms with Crippen LogP contribution in [0.5, 0.6) is 0 Å². The first kappa shape index (κ1) is 19.4. The van der Waals surface area contributed by atoms with E-state index in [0.717, 1.165) is 5.69 Å². The molecule has 0 aromatic heterocycles. The molecule has 0 fully saturated rings. The van der Waals surface area contributed by atoms with Crippen molar-refractivity contribution < 1.29 is 0 Å². The number of benzene rings is 2. The van der Waals surface area contributed by atoms with Crippen LogP contribution >= 0.6 is 23.2 Å². The number of halogens is 2. The lowest BCUT2D eigenvalue weighted by atomic mass is 10.1. The van der Waals surface area contributed by atoms with Gasteiger partial charge in [-0.3, -0.25) is 0 Å². The SMILES string of the molecule is Cc1cc(N(C)C)ccc1CNc1cc(Cl)c(N=CN(C)C)c(Cl)c1. The highest BCUT2D eigenvalue weighted by Crippen LogP contribution is 2.36. The minimum Gasteiger partial charge on any atom is -0.381 e. The van der Waals surface area contributed by atoms with Gasteiger partial charge in [-0.05, 0) is 42.3 Å². The summed E-state index contributed by atoms with van der Waals surface area (Å²) >= 11 is 12.6. The Morgan fingerprint density at radius 2 is 1.68 bits per heavy atom. The summed E-state index contributed by atoms with van der Waals surface area (Å²) in [6.45, 7) is 2.82. The van der Waals surface area contributed by atoms with E-state index in [2.05, 4.69) is 40.3 Å². The van der Waals surface area contributed by atoms with E-state index in [0.29, 0.717) is 22.3 Å². The van der Waals surface area contributed by atoms with Gasteiger partial charge in [0.15, 0.2) is 0 Å². The van der Waals surface area contributed by atoms with E-state index in [1.165, 1.54) is 16.8 Å². The van der Waals surface area contributed by atoms with Gasteiger partial charge in [0.25, 0.3) is 0 Å². The number of aliphatic imine (C=N–C) groups is 1. The van der Waals surface area contributed by atoms with Crippen LogP contribution < -0.4 is 10.2 Å². The quantitative estimate of drug-likeness (QED) is 0.553. The Morgan fingerprint density at radius 3 is 2.20 bits per heavy atom. The van der Waals surface area contributed by atoms with E-state index < -0.39 is 0 Å². The van der Waals surface area contributed by atoms with E-state index in [1.807, 2.05) is 45.2 Å². The number of hydrogen-bond acceptors (Lipinski definition) is 3. The van der Waals surface area contributed by atoms with Gasteiger partial charge in [-0.25, -0.2) is 4.99 Å². The van der Waals surface area contributed by atoms with Crippen molar-refractivity contribution >= 4 is 46.6 Å². The summed E-state index contributed by atoms with van der Waals surface area (Å²) in [4.78, 5) is 8.24. The standard InChI is InChI=1S/C19H24Cl2N4/c1-13-8-16(25(4)5)7-6-14(13)11-22-15-9-17(20)19(18(21)10-15)23-12-24(2)3/h6-10,12,22H,11H2,1-5H3. The topological polar surface area (TPSA) is 30.9 Å². The molecule has 0 aliphatic rings. The van der Waals surface area contributed by atoms with Crippen molar-refractivity contribution in [2.24, 2.45) is 4.99 Å². The highest BCUT2D eigenvalue weighted by Gasteiger charge is 2.08. The summed E-state index contributed by atoms with van der Waals surface area (Å²) in [5.74, 6) is 0. The van der Waals surface area contributed by atoms with Gasteiger partial charge in [-0.15, -0.1) is 0 Å². The molecular formula is C19H24Cl2N4. The van der Waals surface area contributed by atoms with Crippen molar-refractivity contribution in [2.45, 2.75) is 13.5 Å². The lowest BCUT2D eigenvalue weighted by Gasteiger charge is -2.16.